The topological polar surface area (TPSA) is 18.5 Å². The third-order valence-corrected chi connectivity index (χ3v) is 5.32. The molecule has 0 N–H and O–H groups in total. The molecule has 0 saturated carbocycles. The quantitative estimate of drug-likeness (QED) is 0.367. The van der Waals surface area contributed by atoms with E-state index in [4.69, 9.17) is 8.37 Å². The second kappa shape index (κ2) is 10.3. The Hall–Kier alpha value is 1.32. The Bertz CT molecular complexity index is 55.2. The Morgan fingerprint density at radius 1 is 0.900 bits per heavy atom. The maximum atomic E-state index is 5.00. The van der Waals surface area contributed by atoms with Crippen LogP contribution in [0.5, 0.6) is 0 Å². The van der Waals surface area contributed by atoms with E-state index < -0.39 is 0 Å². The van der Waals surface area contributed by atoms with Gasteiger partial charge in [-0.25, -0.2) is 0 Å². The van der Waals surface area contributed by atoms with Gasteiger partial charge in [0.1, 0.15) is 0 Å². The summed E-state index contributed by atoms with van der Waals surface area (Å²) < 4.78 is 10.0. The predicted molar refractivity (Wildman–Crippen MR) is 53.6 cm³/mol. The second-order valence-electron chi connectivity index (χ2n) is 1.09. The van der Waals surface area contributed by atoms with E-state index in [0.717, 1.165) is 13.2 Å². The summed E-state index contributed by atoms with van der Waals surface area (Å²) in [4.78, 5) is 0. The van der Waals surface area contributed by atoms with Crippen molar-refractivity contribution >= 4 is 41.8 Å². The van der Waals surface area contributed by atoms with E-state index in [1.54, 1.807) is 19.7 Å². The standard InChI is InChI=1S/C4H10O2S4/c1-3-5-7-9-10-8-6-4-2/h3-4H2,1-2H3. The molecule has 0 unspecified atom stereocenters. The average molecular weight is 218 g/mol. The van der Waals surface area contributed by atoms with Crippen LogP contribution < -0.4 is 0 Å². The highest BCUT2D eigenvalue weighted by molar-refractivity contribution is 9.25. The van der Waals surface area contributed by atoms with Gasteiger partial charge in [-0.1, -0.05) is 0 Å². The molecular weight excluding hydrogens is 208 g/mol. The third-order valence-electron chi connectivity index (χ3n) is 0.415. The molecule has 0 aliphatic carbocycles. The van der Waals surface area contributed by atoms with Gasteiger partial charge in [0.25, 0.3) is 0 Å². The second-order valence-corrected chi connectivity index (χ2v) is 6.18. The Kier molecular flexibility index (Phi) is 11.7. The number of hydrogen-bond donors (Lipinski definition) is 0. The zero-order valence-electron chi connectivity index (χ0n) is 5.86. The van der Waals surface area contributed by atoms with Crippen molar-refractivity contribution in [3.63, 3.8) is 0 Å². The molecule has 0 rings (SSSR count). The molecule has 0 aromatic carbocycles. The number of hydrogen-bond acceptors (Lipinski definition) is 6. The molecule has 0 atom stereocenters. The molecule has 10 heavy (non-hydrogen) atoms. The largest absolute Gasteiger partial charge is 0.305 e. The van der Waals surface area contributed by atoms with Crippen molar-refractivity contribution in [2.75, 3.05) is 13.2 Å². The maximum Gasteiger partial charge on any atom is 0.0749 e. The molecule has 62 valence electrons. The molecule has 6 heteroatoms. The lowest BCUT2D eigenvalue weighted by Crippen LogP contribution is -1.71. The van der Waals surface area contributed by atoms with Crippen molar-refractivity contribution in [3.05, 3.63) is 0 Å². The van der Waals surface area contributed by atoms with Crippen LogP contribution in [-0.2, 0) is 8.37 Å². The van der Waals surface area contributed by atoms with Crippen LogP contribution in [0.25, 0.3) is 0 Å². The predicted octanol–water partition coefficient (Wildman–Crippen LogP) is 3.57. The van der Waals surface area contributed by atoms with Crippen LogP contribution in [0, 0.1) is 0 Å². The molecule has 0 radical (unpaired) electrons. The molecule has 0 aromatic rings. The molecular formula is C4H10O2S4. The smallest absolute Gasteiger partial charge is 0.0749 e. The van der Waals surface area contributed by atoms with E-state index in [2.05, 4.69) is 0 Å². The first-order valence-corrected chi connectivity index (χ1v) is 7.49. The van der Waals surface area contributed by atoms with Gasteiger partial charge in [-0.05, 0) is 13.8 Å². The number of rotatable bonds is 7. The minimum Gasteiger partial charge on any atom is -0.305 e. The first-order chi connectivity index (χ1) is 4.91. The van der Waals surface area contributed by atoms with Gasteiger partial charge < -0.3 is 8.37 Å². The Balaban J connectivity index is 2.65. The van der Waals surface area contributed by atoms with Crippen LogP contribution in [0.1, 0.15) is 13.8 Å². The van der Waals surface area contributed by atoms with E-state index in [1.807, 2.05) is 13.8 Å². The van der Waals surface area contributed by atoms with Crippen LogP contribution in [0.15, 0.2) is 0 Å². The summed E-state index contributed by atoms with van der Waals surface area (Å²) in [7, 11) is 3.13. The van der Waals surface area contributed by atoms with E-state index in [-0.39, 0.29) is 0 Å². The molecule has 0 aromatic heterocycles. The van der Waals surface area contributed by atoms with Crippen LogP contribution in [0.3, 0.4) is 0 Å². The van der Waals surface area contributed by atoms with E-state index in [1.165, 1.54) is 22.1 Å². The lowest BCUT2D eigenvalue weighted by Gasteiger charge is -1.96. The van der Waals surface area contributed by atoms with Crippen molar-refractivity contribution in [1.29, 1.82) is 0 Å². The summed E-state index contributed by atoms with van der Waals surface area (Å²) in [5, 5.41) is 0. The Morgan fingerprint density at radius 2 is 1.30 bits per heavy atom. The zero-order valence-corrected chi connectivity index (χ0v) is 9.13. The highest BCUT2D eigenvalue weighted by Gasteiger charge is 1.91. The molecule has 0 bridgehead atoms. The van der Waals surface area contributed by atoms with Crippen molar-refractivity contribution < 1.29 is 8.37 Å². The van der Waals surface area contributed by atoms with Crippen molar-refractivity contribution in [1.82, 2.24) is 0 Å². The third kappa shape index (κ3) is 9.32. The SMILES string of the molecule is CCOSSSSOCC. The van der Waals surface area contributed by atoms with Gasteiger partial charge in [-0.3, -0.25) is 0 Å². The summed E-state index contributed by atoms with van der Waals surface area (Å²) >= 11 is 2.76. The van der Waals surface area contributed by atoms with Crippen LogP contribution in [0.4, 0.5) is 0 Å². The van der Waals surface area contributed by atoms with E-state index >= 15 is 0 Å². The molecule has 2 nitrogen and oxygen atoms in total. The summed E-state index contributed by atoms with van der Waals surface area (Å²) in [6, 6.07) is 0. The molecule has 0 spiro atoms. The van der Waals surface area contributed by atoms with Crippen LogP contribution in [0.2, 0.25) is 0 Å². The van der Waals surface area contributed by atoms with E-state index in [0.29, 0.717) is 0 Å². The first kappa shape index (κ1) is 11.3. The maximum absolute atomic E-state index is 5.00. The van der Waals surface area contributed by atoms with Crippen molar-refractivity contribution in [2.24, 2.45) is 0 Å². The Morgan fingerprint density at radius 3 is 1.60 bits per heavy atom. The van der Waals surface area contributed by atoms with Crippen LogP contribution in [-0.4, -0.2) is 13.2 Å². The van der Waals surface area contributed by atoms with Gasteiger partial charge in [0.2, 0.25) is 0 Å². The van der Waals surface area contributed by atoms with Gasteiger partial charge in [-0.15, -0.1) is 0 Å². The van der Waals surface area contributed by atoms with Crippen molar-refractivity contribution in [2.45, 2.75) is 13.8 Å². The van der Waals surface area contributed by atoms with Gasteiger partial charge in [0.05, 0.1) is 35.4 Å². The fourth-order valence-corrected chi connectivity index (χ4v) is 3.76. The monoisotopic (exact) mass is 218 g/mol. The highest BCUT2D eigenvalue weighted by atomic mass is 33.7. The van der Waals surface area contributed by atoms with E-state index in [9.17, 15) is 0 Å². The molecule has 0 aliphatic heterocycles. The summed E-state index contributed by atoms with van der Waals surface area (Å²) in [6.07, 6.45) is 0. The first-order valence-electron chi connectivity index (χ1n) is 2.82. The molecule has 0 fully saturated rings. The molecule has 0 aliphatic rings. The molecule has 0 heterocycles. The summed E-state index contributed by atoms with van der Waals surface area (Å²) in [5.41, 5.74) is 0. The highest BCUT2D eigenvalue weighted by Crippen LogP contribution is 2.43. The lowest BCUT2D eigenvalue weighted by molar-refractivity contribution is 0.408. The minimum atomic E-state index is 0.748. The fourth-order valence-electron chi connectivity index (χ4n) is 0.158. The van der Waals surface area contributed by atoms with Crippen molar-refractivity contribution in [3.8, 4) is 0 Å². The Labute approximate surface area is 77.2 Å². The fraction of sp³-hybridized carbons (Fsp3) is 1.00. The molecule has 0 saturated heterocycles. The van der Waals surface area contributed by atoms with Gasteiger partial charge in [0, 0.05) is 19.7 Å². The molecule has 0 amide bonds. The van der Waals surface area contributed by atoms with Crippen LogP contribution >= 0.6 is 41.8 Å². The van der Waals surface area contributed by atoms with Gasteiger partial charge in [-0.2, -0.15) is 0 Å². The normalized spacial score (nSPS) is 10.2. The minimum absolute atomic E-state index is 0.748. The lowest BCUT2D eigenvalue weighted by atomic mass is 10.9. The van der Waals surface area contributed by atoms with Gasteiger partial charge >= 0.3 is 0 Å². The van der Waals surface area contributed by atoms with Gasteiger partial charge in [0.15, 0.2) is 0 Å². The average Bonchev–Trinajstić information content (AvgIpc) is 1.97. The summed E-state index contributed by atoms with van der Waals surface area (Å²) in [5.74, 6) is 0. The zero-order chi connectivity index (χ0) is 7.66. The summed E-state index contributed by atoms with van der Waals surface area (Å²) in [6.45, 7) is 5.43.